The summed E-state index contributed by atoms with van der Waals surface area (Å²) in [5.41, 5.74) is -0.889. The van der Waals surface area contributed by atoms with E-state index < -0.39 is 23.8 Å². The van der Waals surface area contributed by atoms with Crippen LogP contribution in [0.1, 0.15) is 71.6 Å². The van der Waals surface area contributed by atoms with E-state index in [-0.39, 0.29) is 18.3 Å². The third kappa shape index (κ3) is 8.47. The highest BCUT2D eigenvalue weighted by atomic mass is 16.4. The monoisotopic (exact) mass is 368 g/mol. The lowest BCUT2D eigenvalue weighted by Crippen LogP contribution is -2.24. The van der Waals surface area contributed by atoms with Gasteiger partial charge in [0, 0.05) is 18.8 Å². The molecular formula is C21H36O5. The molecule has 1 aliphatic rings. The number of aliphatic hydroxyl groups is 3. The lowest BCUT2D eigenvalue weighted by atomic mass is 9.88. The number of carboxylic acid groups (broad SMARTS) is 1. The average molecular weight is 369 g/mol. The van der Waals surface area contributed by atoms with Gasteiger partial charge in [-0.05, 0) is 38.5 Å². The second kappa shape index (κ2) is 11.5. The summed E-state index contributed by atoms with van der Waals surface area (Å²) in [6.07, 6.45) is 12.7. The van der Waals surface area contributed by atoms with Crippen LogP contribution in [0.4, 0.5) is 0 Å². The van der Waals surface area contributed by atoms with E-state index in [1.165, 1.54) is 0 Å². The molecule has 0 unspecified atom stereocenters. The number of rotatable bonds is 12. The predicted octanol–water partition coefficient (Wildman–Crippen LogP) is 3.43. The summed E-state index contributed by atoms with van der Waals surface area (Å²) in [6, 6.07) is 0. The molecule has 1 aliphatic carbocycles. The highest BCUT2D eigenvalue weighted by molar-refractivity contribution is 5.66. The lowest BCUT2D eigenvalue weighted by molar-refractivity contribution is -0.137. The number of hydrogen-bond acceptors (Lipinski definition) is 4. The van der Waals surface area contributed by atoms with Gasteiger partial charge in [-0.2, -0.15) is 0 Å². The molecule has 0 aromatic rings. The largest absolute Gasteiger partial charge is 0.481 e. The molecule has 0 aliphatic heterocycles. The van der Waals surface area contributed by atoms with Crippen molar-refractivity contribution in [3.63, 3.8) is 0 Å². The number of hydrogen-bond donors (Lipinski definition) is 4. The summed E-state index contributed by atoms with van der Waals surface area (Å²) in [7, 11) is 0. The van der Waals surface area contributed by atoms with E-state index in [0.29, 0.717) is 32.1 Å². The van der Waals surface area contributed by atoms with Crippen LogP contribution in [0.2, 0.25) is 0 Å². The minimum atomic E-state index is -0.889. The number of allylic oxidation sites excluding steroid dienone is 2. The van der Waals surface area contributed by atoms with Crippen LogP contribution in [-0.4, -0.2) is 44.2 Å². The van der Waals surface area contributed by atoms with Crippen molar-refractivity contribution < 1.29 is 25.2 Å². The third-order valence-electron chi connectivity index (χ3n) is 5.22. The first-order valence-electron chi connectivity index (χ1n) is 9.91. The van der Waals surface area contributed by atoms with Crippen molar-refractivity contribution in [2.45, 2.75) is 89.4 Å². The second-order valence-corrected chi connectivity index (χ2v) is 7.78. The van der Waals surface area contributed by atoms with Crippen molar-refractivity contribution in [3.8, 4) is 0 Å². The van der Waals surface area contributed by atoms with E-state index in [2.05, 4.69) is 6.92 Å². The van der Waals surface area contributed by atoms with Crippen molar-refractivity contribution >= 4 is 5.97 Å². The molecule has 0 bridgehead atoms. The van der Waals surface area contributed by atoms with Crippen LogP contribution in [-0.2, 0) is 4.79 Å². The number of carboxylic acids is 1. The Labute approximate surface area is 157 Å². The number of unbranched alkanes of at least 4 members (excludes halogenated alkanes) is 3. The van der Waals surface area contributed by atoms with Gasteiger partial charge >= 0.3 is 5.97 Å². The normalized spacial score (nSPS) is 28.8. The first-order chi connectivity index (χ1) is 12.3. The summed E-state index contributed by atoms with van der Waals surface area (Å²) in [5.74, 6) is -1.04. The maximum absolute atomic E-state index is 10.5. The Kier molecular flexibility index (Phi) is 10.1. The molecule has 26 heavy (non-hydrogen) atoms. The summed E-state index contributed by atoms with van der Waals surface area (Å²) in [4.78, 5) is 10.5. The highest BCUT2D eigenvalue weighted by Gasteiger charge is 2.39. The lowest BCUT2D eigenvalue weighted by Gasteiger charge is -2.23. The van der Waals surface area contributed by atoms with Crippen LogP contribution >= 0.6 is 0 Å². The molecule has 150 valence electrons. The Balaban J connectivity index is 2.56. The van der Waals surface area contributed by atoms with Gasteiger partial charge in [-0.15, -0.1) is 0 Å². The van der Waals surface area contributed by atoms with E-state index in [1.54, 1.807) is 13.0 Å². The zero-order chi connectivity index (χ0) is 19.6. The molecule has 5 atom stereocenters. The van der Waals surface area contributed by atoms with E-state index in [0.717, 1.165) is 19.3 Å². The molecule has 4 N–H and O–H groups in total. The van der Waals surface area contributed by atoms with Crippen LogP contribution in [0.3, 0.4) is 0 Å². The van der Waals surface area contributed by atoms with E-state index in [1.807, 2.05) is 18.2 Å². The van der Waals surface area contributed by atoms with Gasteiger partial charge in [-0.25, -0.2) is 0 Å². The average Bonchev–Trinajstić information content (AvgIpc) is 2.82. The molecule has 0 amide bonds. The Morgan fingerprint density at radius 1 is 1.15 bits per heavy atom. The molecule has 0 saturated heterocycles. The quantitative estimate of drug-likeness (QED) is 0.312. The van der Waals surface area contributed by atoms with Crippen molar-refractivity contribution in [1.29, 1.82) is 0 Å². The zero-order valence-electron chi connectivity index (χ0n) is 16.2. The van der Waals surface area contributed by atoms with Gasteiger partial charge in [0.15, 0.2) is 0 Å². The van der Waals surface area contributed by atoms with Crippen molar-refractivity contribution in [1.82, 2.24) is 0 Å². The number of aliphatic hydroxyl groups excluding tert-OH is 2. The van der Waals surface area contributed by atoms with E-state index in [4.69, 9.17) is 5.11 Å². The van der Waals surface area contributed by atoms with Crippen LogP contribution < -0.4 is 0 Å². The topological polar surface area (TPSA) is 98.0 Å². The standard InChI is InChI=1S/C21H36O5/c1-3-4-9-13-21(2,26)14-12-17-16(18(22)15-19(17)23)10-7-5-6-8-11-20(24)25/h5,7,12,14,16-19,22-23,26H,3-4,6,8-11,13,15H2,1-2H3,(H,24,25)/t16-,17-,18+,19-,21-/m1/s1. The van der Waals surface area contributed by atoms with Gasteiger partial charge < -0.3 is 20.4 Å². The fraction of sp³-hybridized carbons (Fsp3) is 0.762. The maximum Gasteiger partial charge on any atom is 0.303 e. The maximum atomic E-state index is 10.5. The van der Waals surface area contributed by atoms with Crippen molar-refractivity contribution in [3.05, 3.63) is 24.3 Å². The smallest absolute Gasteiger partial charge is 0.303 e. The number of aliphatic carboxylic acids is 1. The van der Waals surface area contributed by atoms with Gasteiger partial charge in [0.05, 0.1) is 17.8 Å². The fourth-order valence-electron chi connectivity index (χ4n) is 3.58. The Bertz CT molecular complexity index is 469. The van der Waals surface area contributed by atoms with Gasteiger partial charge in [0.25, 0.3) is 0 Å². The van der Waals surface area contributed by atoms with Crippen molar-refractivity contribution in [2.75, 3.05) is 0 Å². The van der Waals surface area contributed by atoms with Gasteiger partial charge in [0.1, 0.15) is 0 Å². The molecule has 0 heterocycles. The predicted molar refractivity (Wildman–Crippen MR) is 103 cm³/mol. The minimum absolute atomic E-state index is 0.0802. The Hall–Kier alpha value is -1.17. The molecule has 0 aromatic heterocycles. The number of carbonyl (C=O) groups is 1. The summed E-state index contributed by atoms with van der Waals surface area (Å²) in [6.45, 7) is 3.91. The van der Waals surface area contributed by atoms with E-state index in [9.17, 15) is 20.1 Å². The van der Waals surface area contributed by atoms with Gasteiger partial charge in [-0.3, -0.25) is 4.79 Å². The summed E-state index contributed by atoms with van der Waals surface area (Å²) >= 11 is 0. The highest BCUT2D eigenvalue weighted by Crippen LogP contribution is 2.37. The van der Waals surface area contributed by atoms with Crippen LogP contribution in [0, 0.1) is 11.8 Å². The zero-order valence-corrected chi connectivity index (χ0v) is 16.2. The first kappa shape index (κ1) is 22.9. The first-order valence-corrected chi connectivity index (χ1v) is 9.91. The molecule has 5 nitrogen and oxygen atoms in total. The molecule has 0 aromatic carbocycles. The Morgan fingerprint density at radius 3 is 2.54 bits per heavy atom. The molecule has 5 heteroatoms. The van der Waals surface area contributed by atoms with Crippen LogP contribution in [0.15, 0.2) is 24.3 Å². The molecule has 1 rings (SSSR count). The van der Waals surface area contributed by atoms with Crippen LogP contribution in [0.5, 0.6) is 0 Å². The molecule has 1 saturated carbocycles. The summed E-state index contributed by atoms with van der Waals surface area (Å²) < 4.78 is 0. The minimum Gasteiger partial charge on any atom is -0.481 e. The molecule has 1 fully saturated rings. The molecular weight excluding hydrogens is 332 g/mol. The Morgan fingerprint density at radius 2 is 1.88 bits per heavy atom. The van der Waals surface area contributed by atoms with Crippen LogP contribution in [0.25, 0.3) is 0 Å². The van der Waals surface area contributed by atoms with Gasteiger partial charge in [-0.1, -0.05) is 50.5 Å². The SMILES string of the molecule is CCCCC[C@@](C)(O)C=C[C@@H]1[C@@H](CC=CCCCC(=O)O)[C@@H](O)C[C@H]1O. The summed E-state index contributed by atoms with van der Waals surface area (Å²) in [5, 5.41) is 39.6. The molecule has 0 spiro atoms. The van der Waals surface area contributed by atoms with Crippen molar-refractivity contribution in [2.24, 2.45) is 11.8 Å². The van der Waals surface area contributed by atoms with Gasteiger partial charge in [0.2, 0.25) is 0 Å². The molecule has 0 radical (unpaired) electrons. The fourth-order valence-corrected chi connectivity index (χ4v) is 3.58. The van der Waals surface area contributed by atoms with E-state index >= 15 is 0 Å². The second-order valence-electron chi connectivity index (χ2n) is 7.78. The third-order valence-corrected chi connectivity index (χ3v) is 5.22.